The topological polar surface area (TPSA) is 54.3 Å². The van der Waals surface area contributed by atoms with E-state index in [2.05, 4.69) is 5.32 Å². The van der Waals surface area contributed by atoms with Gasteiger partial charge in [0.2, 0.25) is 5.91 Å². The highest BCUT2D eigenvalue weighted by molar-refractivity contribution is 5.85. The number of hydrogen-bond acceptors (Lipinski definition) is 2. The van der Waals surface area contributed by atoms with E-state index < -0.39 is 6.10 Å². The number of aliphatic hydroxyl groups excluding tert-OH is 1. The minimum atomic E-state index is -0.863. The number of hydrogen-bond donors (Lipinski definition) is 2. The van der Waals surface area contributed by atoms with E-state index in [1.54, 1.807) is 0 Å². The number of aryl methyl sites for hydroxylation is 1. The van der Waals surface area contributed by atoms with Crippen molar-refractivity contribution < 1.29 is 14.3 Å². The molecular weight excluding hydrogens is 307 g/mol. The van der Waals surface area contributed by atoms with Crippen molar-refractivity contribution in [1.82, 2.24) is 9.88 Å². The minimum Gasteiger partial charge on any atom is -0.387 e. The summed E-state index contributed by atoms with van der Waals surface area (Å²) < 4.78 is 14.8. The molecule has 0 saturated carbocycles. The van der Waals surface area contributed by atoms with Gasteiger partial charge < -0.3 is 15.0 Å². The SMILES string of the molecule is Cc1cn(CC(=O)NCC(O)c2ccc(F)cc2)c2ccccc12. The van der Waals surface area contributed by atoms with Crippen LogP contribution >= 0.6 is 0 Å². The quantitative estimate of drug-likeness (QED) is 0.757. The number of fused-ring (bicyclic) bond motifs is 1. The third kappa shape index (κ3) is 3.46. The molecule has 0 radical (unpaired) electrons. The van der Waals surface area contributed by atoms with E-state index in [0.29, 0.717) is 5.56 Å². The lowest BCUT2D eigenvalue weighted by Gasteiger charge is -2.13. The van der Waals surface area contributed by atoms with E-state index in [4.69, 9.17) is 0 Å². The second kappa shape index (κ2) is 6.84. The lowest BCUT2D eigenvalue weighted by molar-refractivity contribution is -0.122. The zero-order valence-corrected chi connectivity index (χ0v) is 13.4. The summed E-state index contributed by atoms with van der Waals surface area (Å²) in [7, 11) is 0. The Balaban J connectivity index is 1.62. The van der Waals surface area contributed by atoms with Gasteiger partial charge in [-0.2, -0.15) is 0 Å². The molecule has 4 nitrogen and oxygen atoms in total. The third-order valence-electron chi connectivity index (χ3n) is 4.05. The van der Waals surface area contributed by atoms with Crippen LogP contribution in [0.25, 0.3) is 10.9 Å². The fraction of sp³-hybridized carbons (Fsp3) is 0.211. The van der Waals surface area contributed by atoms with Crippen LogP contribution in [-0.2, 0) is 11.3 Å². The molecular formula is C19H19FN2O2. The van der Waals surface area contributed by atoms with Gasteiger partial charge in [-0.1, -0.05) is 30.3 Å². The molecule has 5 heteroatoms. The van der Waals surface area contributed by atoms with Gasteiger partial charge >= 0.3 is 0 Å². The number of nitrogens with zero attached hydrogens (tertiary/aromatic N) is 1. The molecule has 1 aromatic heterocycles. The van der Waals surface area contributed by atoms with Gasteiger partial charge in [-0.25, -0.2) is 4.39 Å². The zero-order valence-electron chi connectivity index (χ0n) is 13.4. The minimum absolute atomic E-state index is 0.0860. The van der Waals surface area contributed by atoms with Crippen LogP contribution in [0.3, 0.4) is 0 Å². The van der Waals surface area contributed by atoms with E-state index in [1.807, 2.05) is 42.0 Å². The standard InChI is InChI=1S/C19H19FN2O2/c1-13-11-22(17-5-3-2-4-16(13)17)12-19(24)21-10-18(23)14-6-8-15(20)9-7-14/h2-9,11,18,23H,10,12H2,1H3,(H,21,24). The van der Waals surface area contributed by atoms with Crippen molar-refractivity contribution in [3.8, 4) is 0 Å². The van der Waals surface area contributed by atoms with Crippen LogP contribution in [0.15, 0.2) is 54.7 Å². The fourth-order valence-corrected chi connectivity index (χ4v) is 2.79. The lowest BCUT2D eigenvalue weighted by atomic mass is 10.1. The molecule has 2 aromatic carbocycles. The maximum atomic E-state index is 12.9. The van der Waals surface area contributed by atoms with Crippen molar-refractivity contribution in [2.45, 2.75) is 19.6 Å². The number of aliphatic hydroxyl groups is 1. The molecule has 2 N–H and O–H groups in total. The Morgan fingerprint density at radius 1 is 1.21 bits per heavy atom. The summed E-state index contributed by atoms with van der Waals surface area (Å²) in [5.74, 6) is -0.540. The van der Waals surface area contributed by atoms with Gasteiger partial charge in [0.1, 0.15) is 12.4 Å². The fourth-order valence-electron chi connectivity index (χ4n) is 2.79. The highest BCUT2D eigenvalue weighted by Gasteiger charge is 2.12. The number of carbonyl (C=O) groups is 1. The number of amides is 1. The normalized spacial score (nSPS) is 12.3. The summed E-state index contributed by atoms with van der Waals surface area (Å²) in [6.07, 6.45) is 1.08. The number of halogens is 1. The van der Waals surface area contributed by atoms with E-state index in [9.17, 15) is 14.3 Å². The predicted octanol–water partition coefficient (Wildman–Crippen LogP) is 2.94. The summed E-state index contributed by atoms with van der Waals surface area (Å²) >= 11 is 0. The lowest BCUT2D eigenvalue weighted by Crippen LogP contribution is -2.31. The molecule has 0 spiro atoms. The number of carbonyl (C=O) groups excluding carboxylic acids is 1. The first-order chi connectivity index (χ1) is 11.5. The molecule has 0 bridgehead atoms. The largest absolute Gasteiger partial charge is 0.387 e. The van der Waals surface area contributed by atoms with Crippen LogP contribution in [0.4, 0.5) is 4.39 Å². The van der Waals surface area contributed by atoms with Crippen LogP contribution in [0.1, 0.15) is 17.2 Å². The van der Waals surface area contributed by atoms with Crippen molar-refractivity contribution >= 4 is 16.8 Å². The van der Waals surface area contributed by atoms with Crippen LogP contribution in [0.2, 0.25) is 0 Å². The number of benzene rings is 2. The Hall–Kier alpha value is -2.66. The maximum Gasteiger partial charge on any atom is 0.240 e. The molecule has 0 aliphatic carbocycles. The maximum absolute atomic E-state index is 12.9. The Morgan fingerprint density at radius 2 is 1.92 bits per heavy atom. The molecule has 24 heavy (non-hydrogen) atoms. The zero-order chi connectivity index (χ0) is 17.1. The Bertz CT molecular complexity index is 855. The molecule has 3 rings (SSSR count). The van der Waals surface area contributed by atoms with Gasteiger partial charge in [-0.05, 0) is 36.2 Å². The van der Waals surface area contributed by atoms with Crippen LogP contribution < -0.4 is 5.32 Å². The Kier molecular flexibility index (Phi) is 4.62. The number of para-hydroxylation sites is 1. The molecule has 124 valence electrons. The van der Waals surface area contributed by atoms with Gasteiger partial charge in [-0.15, -0.1) is 0 Å². The molecule has 1 unspecified atom stereocenters. The number of rotatable bonds is 5. The first-order valence-electron chi connectivity index (χ1n) is 7.79. The van der Waals surface area contributed by atoms with Crippen molar-refractivity contribution in [2.75, 3.05) is 6.54 Å². The second-order valence-corrected chi connectivity index (χ2v) is 5.83. The Morgan fingerprint density at radius 3 is 2.67 bits per heavy atom. The first kappa shape index (κ1) is 16.2. The molecule has 1 atom stereocenters. The monoisotopic (exact) mass is 326 g/mol. The summed E-state index contributed by atoms with van der Waals surface area (Å²) in [6.45, 7) is 2.28. The molecule has 0 aliphatic rings. The van der Waals surface area contributed by atoms with Gasteiger partial charge in [0.25, 0.3) is 0 Å². The molecule has 1 heterocycles. The summed E-state index contributed by atoms with van der Waals surface area (Å²) in [5, 5.41) is 13.9. The van der Waals surface area contributed by atoms with Crippen LogP contribution in [0.5, 0.6) is 0 Å². The number of aromatic nitrogens is 1. The average Bonchev–Trinajstić information content (AvgIpc) is 2.90. The van der Waals surface area contributed by atoms with Crippen molar-refractivity contribution in [1.29, 1.82) is 0 Å². The summed E-state index contributed by atoms with van der Waals surface area (Å²) in [6, 6.07) is 13.5. The predicted molar refractivity (Wildman–Crippen MR) is 91.0 cm³/mol. The van der Waals surface area contributed by atoms with Crippen molar-refractivity contribution in [3.63, 3.8) is 0 Å². The highest BCUT2D eigenvalue weighted by atomic mass is 19.1. The molecule has 0 fully saturated rings. The Labute approximate surface area is 139 Å². The van der Waals surface area contributed by atoms with Gasteiger partial charge in [0.15, 0.2) is 0 Å². The van der Waals surface area contributed by atoms with E-state index in [-0.39, 0.29) is 24.8 Å². The van der Waals surface area contributed by atoms with Gasteiger partial charge in [0, 0.05) is 23.6 Å². The molecule has 3 aromatic rings. The first-order valence-corrected chi connectivity index (χ1v) is 7.79. The van der Waals surface area contributed by atoms with Crippen molar-refractivity contribution in [2.24, 2.45) is 0 Å². The average molecular weight is 326 g/mol. The van der Waals surface area contributed by atoms with E-state index in [0.717, 1.165) is 16.5 Å². The molecule has 0 saturated heterocycles. The molecule has 0 aliphatic heterocycles. The summed E-state index contributed by atoms with van der Waals surface area (Å²) in [5.41, 5.74) is 2.69. The van der Waals surface area contributed by atoms with Crippen LogP contribution in [-0.4, -0.2) is 22.1 Å². The number of nitrogens with one attached hydrogen (secondary N) is 1. The van der Waals surface area contributed by atoms with Crippen molar-refractivity contribution in [3.05, 3.63) is 71.7 Å². The second-order valence-electron chi connectivity index (χ2n) is 5.83. The van der Waals surface area contributed by atoms with Gasteiger partial charge in [-0.3, -0.25) is 4.79 Å². The third-order valence-corrected chi connectivity index (χ3v) is 4.05. The van der Waals surface area contributed by atoms with Crippen LogP contribution in [0, 0.1) is 12.7 Å². The highest BCUT2D eigenvalue weighted by Crippen LogP contribution is 2.20. The molecule has 1 amide bonds. The van der Waals surface area contributed by atoms with E-state index in [1.165, 1.54) is 24.3 Å². The summed E-state index contributed by atoms with van der Waals surface area (Å²) in [4.78, 5) is 12.2. The smallest absolute Gasteiger partial charge is 0.240 e. The van der Waals surface area contributed by atoms with E-state index >= 15 is 0 Å². The van der Waals surface area contributed by atoms with Gasteiger partial charge in [0.05, 0.1) is 6.10 Å².